The fourth-order valence-electron chi connectivity index (χ4n) is 1.80. The van der Waals surface area contributed by atoms with Gasteiger partial charge < -0.3 is 15.2 Å². The van der Waals surface area contributed by atoms with Gasteiger partial charge in [-0.25, -0.2) is 0 Å². The van der Waals surface area contributed by atoms with Gasteiger partial charge in [-0.15, -0.1) is 10.2 Å². The smallest absolute Gasteiger partial charge is 0.238 e. The predicted molar refractivity (Wildman–Crippen MR) is 66.7 cm³/mol. The highest BCUT2D eigenvalue weighted by Gasteiger charge is 2.23. The van der Waals surface area contributed by atoms with Crippen LogP contribution in [0.25, 0.3) is 0 Å². The van der Waals surface area contributed by atoms with Crippen LogP contribution in [0.4, 0.5) is 0 Å². The number of thioether (sulfide) groups is 1. The fourth-order valence-corrected chi connectivity index (χ4v) is 2.73. The van der Waals surface area contributed by atoms with Crippen molar-refractivity contribution >= 4 is 17.7 Å². The van der Waals surface area contributed by atoms with Gasteiger partial charge in [-0.3, -0.25) is 4.79 Å². The first-order chi connectivity index (χ1) is 8.18. The van der Waals surface area contributed by atoms with Crippen molar-refractivity contribution in [1.82, 2.24) is 25.4 Å². The highest BCUT2D eigenvalue weighted by molar-refractivity contribution is 7.99. The normalized spacial score (nSPS) is 22.1. The number of aryl methyl sites for hydroxylation is 1. The van der Waals surface area contributed by atoms with Crippen molar-refractivity contribution in [3.05, 3.63) is 12.2 Å². The molecule has 1 aliphatic heterocycles. The number of amides is 1. The summed E-state index contributed by atoms with van der Waals surface area (Å²) in [6.45, 7) is 2.80. The van der Waals surface area contributed by atoms with E-state index in [2.05, 4.69) is 20.8 Å². The molecule has 1 aliphatic rings. The lowest BCUT2D eigenvalue weighted by Crippen LogP contribution is -2.49. The average molecular weight is 255 g/mol. The van der Waals surface area contributed by atoms with Crippen LogP contribution in [0.3, 0.4) is 0 Å². The maximum absolute atomic E-state index is 12.0. The molecular formula is C10H17N5OS. The summed E-state index contributed by atoms with van der Waals surface area (Å²) in [5.41, 5.74) is 0. The number of aromatic nitrogens is 3. The first-order valence-corrected chi connectivity index (χ1v) is 6.79. The van der Waals surface area contributed by atoms with Crippen LogP contribution in [0.15, 0.2) is 6.33 Å². The maximum Gasteiger partial charge on any atom is 0.238 e. The second kappa shape index (κ2) is 5.50. The molecule has 2 N–H and O–H groups in total. The van der Waals surface area contributed by atoms with Crippen molar-refractivity contribution in [2.75, 3.05) is 18.1 Å². The molecule has 2 heterocycles. The van der Waals surface area contributed by atoms with Gasteiger partial charge in [0.15, 0.2) is 5.82 Å². The summed E-state index contributed by atoms with van der Waals surface area (Å²) >= 11 is 1.80. The van der Waals surface area contributed by atoms with Crippen molar-refractivity contribution in [3.63, 3.8) is 0 Å². The molecule has 1 fully saturated rings. The summed E-state index contributed by atoms with van der Waals surface area (Å²) in [4.78, 5) is 12.0. The van der Waals surface area contributed by atoms with E-state index < -0.39 is 0 Å². The second-order valence-corrected chi connectivity index (χ2v) is 5.26. The second-order valence-electron chi connectivity index (χ2n) is 4.11. The molecule has 0 bridgehead atoms. The minimum atomic E-state index is -0.122. The zero-order chi connectivity index (χ0) is 12.3. The number of hydrogen-bond donors (Lipinski definition) is 2. The van der Waals surface area contributed by atoms with Crippen LogP contribution >= 0.6 is 11.8 Å². The number of nitrogens with one attached hydrogen (secondary N) is 2. The zero-order valence-corrected chi connectivity index (χ0v) is 10.8. The Morgan fingerprint density at radius 2 is 2.59 bits per heavy atom. The van der Waals surface area contributed by atoms with Crippen LogP contribution in [0, 0.1) is 0 Å². The standard InChI is InChI=1S/C10H17N5OS/c1-7(9-14-12-6-15(9)2)13-10(16)8-5-17-4-3-11-8/h6-8,11H,3-5H2,1-2H3,(H,13,16). The Hall–Kier alpha value is -1.08. The minimum absolute atomic E-state index is 0.0349. The lowest BCUT2D eigenvalue weighted by atomic mass is 10.2. The number of carbonyl (C=O) groups is 1. The molecule has 0 spiro atoms. The van der Waals surface area contributed by atoms with Gasteiger partial charge in [-0.2, -0.15) is 11.8 Å². The lowest BCUT2D eigenvalue weighted by Gasteiger charge is -2.24. The molecule has 6 nitrogen and oxygen atoms in total. The van der Waals surface area contributed by atoms with E-state index in [9.17, 15) is 4.79 Å². The number of nitrogens with zero attached hydrogens (tertiary/aromatic N) is 3. The Bertz CT molecular complexity index is 388. The van der Waals surface area contributed by atoms with E-state index in [4.69, 9.17) is 0 Å². The SMILES string of the molecule is CC(NC(=O)C1CSCCN1)c1nncn1C. The molecule has 1 amide bonds. The molecule has 1 aromatic heterocycles. The van der Waals surface area contributed by atoms with Crippen LogP contribution in [0.2, 0.25) is 0 Å². The van der Waals surface area contributed by atoms with Crippen molar-refractivity contribution in [3.8, 4) is 0 Å². The van der Waals surface area contributed by atoms with Gasteiger partial charge >= 0.3 is 0 Å². The van der Waals surface area contributed by atoms with Crippen molar-refractivity contribution < 1.29 is 4.79 Å². The molecule has 7 heteroatoms. The molecule has 1 aromatic rings. The van der Waals surface area contributed by atoms with Gasteiger partial charge in [0.25, 0.3) is 0 Å². The summed E-state index contributed by atoms with van der Waals surface area (Å²) in [6.07, 6.45) is 1.63. The Balaban J connectivity index is 1.92. The highest BCUT2D eigenvalue weighted by atomic mass is 32.2. The fraction of sp³-hybridized carbons (Fsp3) is 0.700. The highest BCUT2D eigenvalue weighted by Crippen LogP contribution is 2.11. The molecule has 0 saturated carbocycles. The molecule has 0 radical (unpaired) electrons. The summed E-state index contributed by atoms with van der Waals surface area (Å²) < 4.78 is 1.81. The molecule has 2 unspecified atom stereocenters. The molecule has 17 heavy (non-hydrogen) atoms. The summed E-state index contributed by atoms with van der Waals surface area (Å²) in [6, 6.07) is -0.215. The molecule has 1 saturated heterocycles. The number of rotatable bonds is 3. The summed E-state index contributed by atoms with van der Waals surface area (Å²) in [7, 11) is 1.87. The van der Waals surface area contributed by atoms with Crippen molar-refractivity contribution in [2.24, 2.45) is 7.05 Å². The number of carbonyl (C=O) groups excluding carboxylic acids is 1. The topological polar surface area (TPSA) is 71.8 Å². The molecule has 0 aliphatic carbocycles. The maximum atomic E-state index is 12.0. The molecule has 0 aromatic carbocycles. The van der Waals surface area contributed by atoms with Crippen LogP contribution in [0.1, 0.15) is 18.8 Å². The largest absolute Gasteiger partial charge is 0.345 e. The first-order valence-electron chi connectivity index (χ1n) is 5.64. The molecular weight excluding hydrogens is 238 g/mol. The van der Waals surface area contributed by atoms with Gasteiger partial charge in [-0.1, -0.05) is 0 Å². The van der Waals surface area contributed by atoms with E-state index in [1.807, 2.05) is 18.5 Å². The van der Waals surface area contributed by atoms with Gasteiger partial charge in [0.2, 0.25) is 5.91 Å². The third kappa shape index (κ3) is 2.98. The van der Waals surface area contributed by atoms with Crippen molar-refractivity contribution in [2.45, 2.75) is 19.0 Å². The molecule has 2 atom stereocenters. The monoisotopic (exact) mass is 255 g/mol. The Morgan fingerprint density at radius 1 is 1.76 bits per heavy atom. The van der Waals surface area contributed by atoms with Gasteiger partial charge in [0.1, 0.15) is 6.33 Å². The first kappa shape index (κ1) is 12.4. The van der Waals surface area contributed by atoms with Crippen LogP contribution in [0.5, 0.6) is 0 Å². The van der Waals surface area contributed by atoms with Crippen molar-refractivity contribution in [1.29, 1.82) is 0 Å². The van der Waals surface area contributed by atoms with Crippen LogP contribution in [-0.4, -0.2) is 44.8 Å². The minimum Gasteiger partial charge on any atom is -0.345 e. The van der Waals surface area contributed by atoms with E-state index in [1.54, 1.807) is 18.1 Å². The quantitative estimate of drug-likeness (QED) is 0.776. The Kier molecular flexibility index (Phi) is 4.01. The predicted octanol–water partition coefficient (Wildman–Crippen LogP) is -0.303. The lowest BCUT2D eigenvalue weighted by molar-refractivity contribution is -0.123. The average Bonchev–Trinajstić information content (AvgIpc) is 2.76. The summed E-state index contributed by atoms with van der Waals surface area (Å²) in [5.74, 6) is 2.70. The van der Waals surface area contributed by atoms with Gasteiger partial charge in [0.05, 0.1) is 12.1 Å². The molecule has 94 valence electrons. The van der Waals surface area contributed by atoms with E-state index in [1.165, 1.54) is 0 Å². The van der Waals surface area contributed by atoms with E-state index in [-0.39, 0.29) is 18.0 Å². The Morgan fingerprint density at radius 3 is 3.18 bits per heavy atom. The molecule has 2 rings (SSSR count). The van der Waals surface area contributed by atoms with E-state index in [0.717, 1.165) is 23.9 Å². The van der Waals surface area contributed by atoms with Gasteiger partial charge in [0, 0.05) is 25.1 Å². The van der Waals surface area contributed by atoms with Crippen LogP contribution in [-0.2, 0) is 11.8 Å². The third-order valence-electron chi connectivity index (χ3n) is 2.73. The third-order valence-corrected chi connectivity index (χ3v) is 3.79. The number of hydrogen-bond acceptors (Lipinski definition) is 5. The van der Waals surface area contributed by atoms with Crippen LogP contribution < -0.4 is 10.6 Å². The van der Waals surface area contributed by atoms with E-state index in [0.29, 0.717) is 0 Å². The zero-order valence-electron chi connectivity index (χ0n) is 10.0. The summed E-state index contributed by atoms with van der Waals surface area (Å²) in [5, 5.41) is 14.0. The van der Waals surface area contributed by atoms with Gasteiger partial charge in [-0.05, 0) is 6.92 Å². The Labute approximate surface area is 105 Å². The van der Waals surface area contributed by atoms with E-state index >= 15 is 0 Å².